The van der Waals surface area contributed by atoms with Crippen LogP contribution >= 0.6 is 0 Å². The number of nitrogens with zero attached hydrogens (tertiary/aromatic N) is 3. The molecule has 1 fully saturated rings. The molecule has 0 bridgehead atoms. The van der Waals surface area contributed by atoms with Crippen LogP contribution in [0.15, 0.2) is 24.3 Å². The molecular weight excluding hydrogens is 350 g/mol. The topological polar surface area (TPSA) is 77.1 Å². The summed E-state index contributed by atoms with van der Waals surface area (Å²) in [4.78, 5) is 16.1. The van der Waals surface area contributed by atoms with E-state index < -0.39 is 11.0 Å². The second-order valence-electron chi connectivity index (χ2n) is 8.21. The first kappa shape index (κ1) is 20.4. The molecule has 3 rings (SSSR count). The number of rotatable bonds is 8. The van der Waals surface area contributed by atoms with Crippen LogP contribution in [0, 0.1) is 28.1 Å². The van der Waals surface area contributed by atoms with E-state index in [1.807, 2.05) is 25.1 Å². The number of nitriles is 2. The number of likely N-dealkylation sites (tertiary alicyclic amines) is 1. The Morgan fingerprint density at radius 3 is 2.36 bits per heavy atom. The number of carbonyl (C=O) groups is 1. The largest absolute Gasteiger partial charge is 0.486 e. The average molecular weight is 380 g/mol. The van der Waals surface area contributed by atoms with E-state index >= 15 is 0 Å². The SMILES string of the molecule is CC1(CCCN2CCCC2)Oc2ccccc2C(=O)C1(CCC#N)CCC#N. The Morgan fingerprint density at radius 1 is 1.07 bits per heavy atom. The van der Waals surface area contributed by atoms with Crippen molar-refractivity contribution >= 4 is 5.78 Å². The first-order valence-electron chi connectivity index (χ1n) is 10.4. The summed E-state index contributed by atoms with van der Waals surface area (Å²) in [5.74, 6) is 0.657. The van der Waals surface area contributed by atoms with Crippen molar-refractivity contribution in [3.8, 4) is 17.9 Å². The van der Waals surface area contributed by atoms with Gasteiger partial charge in [0.05, 0.1) is 23.1 Å². The lowest BCUT2D eigenvalue weighted by Gasteiger charge is -2.51. The van der Waals surface area contributed by atoms with E-state index in [1.165, 1.54) is 12.8 Å². The highest BCUT2D eigenvalue weighted by atomic mass is 16.5. The van der Waals surface area contributed by atoms with E-state index in [4.69, 9.17) is 4.74 Å². The number of carbonyl (C=O) groups excluding carboxylic acids is 1. The molecule has 28 heavy (non-hydrogen) atoms. The van der Waals surface area contributed by atoms with Gasteiger partial charge in [0, 0.05) is 12.8 Å². The van der Waals surface area contributed by atoms with Crippen LogP contribution in [0.25, 0.3) is 0 Å². The van der Waals surface area contributed by atoms with E-state index in [0.717, 1.165) is 32.5 Å². The Labute approximate surface area is 167 Å². The normalized spacial score (nSPS) is 23.5. The van der Waals surface area contributed by atoms with E-state index in [2.05, 4.69) is 17.0 Å². The molecular formula is C23H29N3O2. The summed E-state index contributed by atoms with van der Waals surface area (Å²) in [5, 5.41) is 18.5. The summed E-state index contributed by atoms with van der Waals surface area (Å²) in [7, 11) is 0. The van der Waals surface area contributed by atoms with Gasteiger partial charge < -0.3 is 9.64 Å². The highest BCUT2D eigenvalue weighted by molar-refractivity contribution is 6.04. The van der Waals surface area contributed by atoms with Crippen LogP contribution < -0.4 is 4.74 Å². The van der Waals surface area contributed by atoms with Gasteiger partial charge in [0.2, 0.25) is 0 Å². The van der Waals surface area contributed by atoms with E-state index in [-0.39, 0.29) is 18.6 Å². The molecule has 1 saturated heterocycles. The summed E-state index contributed by atoms with van der Waals surface area (Å²) in [6.07, 6.45) is 5.61. The van der Waals surface area contributed by atoms with Gasteiger partial charge in [-0.3, -0.25) is 4.79 Å². The number of fused-ring (bicyclic) bond motifs is 1. The second kappa shape index (κ2) is 8.76. The van der Waals surface area contributed by atoms with Crippen molar-refractivity contribution in [3.63, 3.8) is 0 Å². The molecule has 5 heteroatoms. The summed E-state index contributed by atoms with van der Waals surface area (Å²) in [5.41, 5.74) is -0.973. The molecule has 1 aromatic rings. The van der Waals surface area contributed by atoms with E-state index in [9.17, 15) is 15.3 Å². The number of hydrogen-bond acceptors (Lipinski definition) is 5. The summed E-state index contributed by atoms with van der Waals surface area (Å²) in [6.45, 7) is 5.31. The maximum Gasteiger partial charge on any atom is 0.176 e. The number of Topliss-reactive ketones (excluding diaryl/α,β-unsaturated/α-hetero) is 1. The zero-order valence-electron chi connectivity index (χ0n) is 16.7. The maximum absolute atomic E-state index is 13.7. The summed E-state index contributed by atoms with van der Waals surface area (Å²) >= 11 is 0. The molecule has 0 N–H and O–H groups in total. The fraction of sp³-hybridized carbons (Fsp3) is 0.609. The first-order chi connectivity index (χ1) is 13.6. The van der Waals surface area contributed by atoms with Gasteiger partial charge in [-0.2, -0.15) is 10.5 Å². The number of benzene rings is 1. The molecule has 0 spiro atoms. The predicted molar refractivity (Wildman–Crippen MR) is 107 cm³/mol. The Balaban J connectivity index is 1.92. The second-order valence-corrected chi connectivity index (χ2v) is 8.21. The highest BCUT2D eigenvalue weighted by Crippen LogP contribution is 2.52. The van der Waals surface area contributed by atoms with Gasteiger partial charge in [0.25, 0.3) is 0 Å². The molecule has 0 saturated carbocycles. The standard InChI is InChI=1S/C23H29N3O2/c1-22(11-8-18-26-16-4-5-17-26)23(12-6-14-24,13-7-15-25)21(27)19-9-2-3-10-20(19)28-22/h2-3,9-10H,4-8,11-13,16-18H2,1H3. The molecule has 0 amide bonds. The smallest absolute Gasteiger partial charge is 0.176 e. The molecule has 5 nitrogen and oxygen atoms in total. The van der Waals surface area contributed by atoms with Crippen LogP contribution in [0.1, 0.15) is 68.6 Å². The fourth-order valence-corrected chi connectivity index (χ4v) is 4.94. The lowest BCUT2D eigenvalue weighted by molar-refractivity contribution is -0.0566. The van der Waals surface area contributed by atoms with Crippen molar-refractivity contribution in [2.24, 2.45) is 5.41 Å². The van der Waals surface area contributed by atoms with Crippen LogP contribution in [-0.2, 0) is 0 Å². The van der Waals surface area contributed by atoms with Crippen molar-refractivity contribution in [1.82, 2.24) is 4.90 Å². The zero-order chi connectivity index (χ0) is 20.0. The average Bonchev–Trinajstić information content (AvgIpc) is 3.21. The number of hydrogen-bond donors (Lipinski definition) is 0. The Kier molecular flexibility index (Phi) is 6.37. The Bertz CT molecular complexity index is 768. The van der Waals surface area contributed by atoms with E-state index in [0.29, 0.717) is 24.2 Å². The number of para-hydroxylation sites is 1. The molecule has 1 unspecified atom stereocenters. The van der Waals surface area contributed by atoms with Crippen LogP contribution in [0.5, 0.6) is 5.75 Å². The number of ketones is 1. The third kappa shape index (κ3) is 3.77. The van der Waals surface area contributed by atoms with Gasteiger partial charge in [-0.15, -0.1) is 0 Å². The van der Waals surface area contributed by atoms with Crippen LogP contribution in [0.4, 0.5) is 0 Å². The predicted octanol–water partition coefficient (Wildman–Crippen LogP) is 4.49. The minimum atomic E-state index is -0.835. The highest BCUT2D eigenvalue weighted by Gasteiger charge is 2.57. The van der Waals surface area contributed by atoms with Gasteiger partial charge in [-0.25, -0.2) is 0 Å². The fourth-order valence-electron chi connectivity index (χ4n) is 4.94. The van der Waals surface area contributed by atoms with Crippen molar-refractivity contribution in [3.05, 3.63) is 29.8 Å². The van der Waals surface area contributed by atoms with Gasteiger partial charge in [0.15, 0.2) is 5.78 Å². The molecule has 0 radical (unpaired) electrons. The summed E-state index contributed by atoms with van der Waals surface area (Å²) in [6, 6.07) is 11.8. The quantitative estimate of drug-likeness (QED) is 0.665. The van der Waals surface area contributed by atoms with Crippen LogP contribution in [-0.4, -0.2) is 35.9 Å². The van der Waals surface area contributed by atoms with Crippen molar-refractivity contribution in [2.75, 3.05) is 19.6 Å². The molecule has 0 aliphatic carbocycles. The van der Waals surface area contributed by atoms with Gasteiger partial charge in [-0.05, 0) is 77.2 Å². The van der Waals surface area contributed by atoms with Crippen molar-refractivity contribution in [1.29, 1.82) is 10.5 Å². The van der Waals surface area contributed by atoms with E-state index in [1.54, 1.807) is 6.07 Å². The van der Waals surface area contributed by atoms with Gasteiger partial charge >= 0.3 is 0 Å². The lowest BCUT2D eigenvalue weighted by Crippen LogP contribution is -2.58. The van der Waals surface area contributed by atoms with Crippen molar-refractivity contribution in [2.45, 2.75) is 63.9 Å². The van der Waals surface area contributed by atoms with Crippen molar-refractivity contribution < 1.29 is 9.53 Å². The van der Waals surface area contributed by atoms with Gasteiger partial charge in [-0.1, -0.05) is 12.1 Å². The molecule has 0 aromatic heterocycles. The zero-order valence-corrected chi connectivity index (χ0v) is 16.7. The van der Waals surface area contributed by atoms with Gasteiger partial charge in [0.1, 0.15) is 11.4 Å². The molecule has 2 aliphatic heterocycles. The third-order valence-electron chi connectivity index (χ3n) is 6.57. The summed E-state index contributed by atoms with van der Waals surface area (Å²) < 4.78 is 6.51. The molecule has 1 aromatic carbocycles. The molecule has 148 valence electrons. The minimum absolute atomic E-state index is 0.0310. The van der Waals surface area contributed by atoms with Crippen LogP contribution in [0.3, 0.4) is 0 Å². The monoisotopic (exact) mass is 379 g/mol. The number of ether oxygens (including phenoxy) is 1. The Morgan fingerprint density at radius 2 is 1.71 bits per heavy atom. The third-order valence-corrected chi connectivity index (χ3v) is 6.57. The van der Waals surface area contributed by atoms with Crippen LogP contribution in [0.2, 0.25) is 0 Å². The Hall–Kier alpha value is -2.37. The molecule has 2 heterocycles. The minimum Gasteiger partial charge on any atom is -0.486 e. The lowest BCUT2D eigenvalue weighted by atomic mass is 9.60. The molecule has 1 atom stereocenters. The first-order valence-corrected chi connectivity index (χ1v) is 10.4. The molecule has 2 aliphatic rings. The maximum atomic E-state index is 13.7.